The van der Waals surface area contributed by atoms with Crippen molar-refractivity contribution in [2.75, 3.05) is 36.5 Å². The summed E-state index contributed by atoms with van der Waals surface area (Å²) >= 11 is 2.58. The van der Waals surface area contributed by atoms with E-state index in [-0.39, 0.29) is 26.7 Å². The van der Waals surface area contributed by atoms with E-state index in [9.17, 15) is 28.1 Å². The third kappa shape index (κ3) is 5.23. The van der Waals surface area contributed by atoms with Gasteiger partial charge in [-0.2, -0.15) is 16.1 Å². The number of nitrogens with zero attached hydrogens (tertiary/aromatic N) is 2. The highest BCUT2D eigenvalue weighted by Crippen LogP contribution is 2.28. The number of nitro benzene ring substituents is 1. The van der Waals surface area contributed by atoms with Crippen LogP contribution in [0.15, 0.2) is 34.5 Å². The van der Waals surface area contributed by atoms with Gasteiger partial charge in [-0.3, -0.25) is 14.9 Å². The normalized spacial score (nSPS) is 14.7. The Kier molecular flexibility index (Phi) is 7.30. The van der Waals surface area contributed by atoms with E-state index in [1.807, 2.05) is 0 Å². The molecule has 1 aliphatic rings. The molecule has 1 aromatic carbocycles. The number of rotatable bonds is 7. The molecular weight excluding hydrogens is 466 g/mol. The van der Waals surface area contributed by atoms with E-state index in [1.165, 1.54) is 40.9 Å². The van der Waals surface area contributed by atoms with Crippen molar-refractivity contribution in [3.05, 3.63) is 50.2 Å². The van der Waals surface area contributed by atoms with E-state index in [2.05, 4.69) is 5.32 Å². The number of thioether (sulfide) groups is 1. The molecule has 10 nitrogen and oxygen atoms in total. The number of hydrogen-bond donors (Lipinski definition) is 1. The summed E-state index contributed by atoms with van der Waals surface area (Å²) in [4.78, 5) is 34.8. The van der Waals surface area contributed by atoms with E-state index in [4.69, 9.17) is 4.74 Å². The van der Waals surface area contributed by atoms with Gasteiger partial charge in [-0.25, -0.2) is 13.2 Å². The average Bonchev–Trinajstić information content (AvgIpc) is 3.25. The lowest BCUT2D eigenvalue weighted by molar-refractivity contribution is -0.385. The van der Waals surface area contributed by atoms with Crippen LogP contribution in [0.2, 0.25) is 0 Å². The van der Waals surface area contributed by atoms with Crippen LogP contribution in [0.5, 0.6) is 0 Å². The van der Waals surface area contributed by atoms with Crippen molar-refractivity contribution in [2.24, 2.45) is 0 Å². The van der Waals surface area contributed by atoms with Gasteiger partial charge in [-0.1, -0.05) is 6.07 Å². The minimum absolute atomic E-state index is 0.0995. The van der Waals surface area contributed by atoms with E-state index in [0.717, 1.165) is 11.3 Å². The van der Waals surface area contributed by atoms with Gasteiger partial charge in [0.15, 0.2) is 6.61 Å². The molecule has 1 aliphatic heterocycles. The maximum absolute atomic E-state index is 12.9. The molecule has 0 aliphatic carbocycles. The fourth-order valence-electron chi connectivity index (χ4n) is 2.92. The number of anilines is 1. The van der Waals surface area contributed by atoms with E-state index in [0.29, 0.717) is 24.6 Å². The van der Waals surface area contributed by atoms with Gasteiger partial charge in [0.1, 0.15) is 9.77 Å². The first-order valence-corrected chi connectivity index (χ1v) is 12.6. The van der Waals surface area contributed by atoms with Crippen molar-refractivity contribution < 1.29 is 27.7 Å². The number of amides is 1. The monoisotopic (exact) mass is 485 g/mol. The van der Waals surface area contributed by atoms with Crippen LogP contribution >= 0.6 is 23.1 Å². The molecule has 0 radical (unpaired) electrons. The Morgan fingerprint density at radius 1 is 1.26 bits per heavy atom. The maximum atomic E-state index is 12.9. The Hall–Kier alpha value is -2.48. The molecule has 31 heavy (non-hydrogen) atoms. The summed E-state index contributed by atoms with van der Waals surface area (Å²) in [6.45, 7) is 1.55. The van der Waals surface area contributed by atoms with Crippen molar-refractivity contribution in [1.82, 2.24) is 4.31 Å². The van der Waals surface area contributed by atoms with Gasteiger partial charge in [0, 0.05) is 30.7 Å². The minimum Gasteiger partial charge on any atom is -0.451 e. The van der Waals surface area contributed by atoms with E-state index < -0.39 is 33.4 Å². The zero-order valence-electron chi connectivity index (χ0n) is 16.4. The predicted molar refractivity (Wildman–Crippen MR) is 117 cm³/mol. The number of sulfonamides is 1. The SMILES string of the molecule is Cc1c(NC(=O)COC(=O)c2sccc2S(=O)(=O)N2CCSCC2)cccc1[N+](=O)[O-]. The predicted octanol–water partition coefficient (Wildman–Crippen LogP) is 2.50. The summed E-state index contributed by atoms with van der Waals surface area (Å²) < 4.78 is 32.1. The molecule has 0 atom stereocenters. The molecule has 0 unspecified atom stereocenters. The first-order chi connectivity index (χ1) is 14.7. The zero-order valence-corrected chi connectivity index (χ0v) is 18.8. The lowest BCUT2D eigenvalue weighted by atomic mass is 10.1. The van der Waals surface area contributed by atoms with E-state index in [1.54, 1.807) is 11.8 Å². The molecule has 0 spiro atoms. The van der Waals surface area contributed by atoms with Crippen molar-refractivity contribution in [1.29, 1.82) is 0 Å². The molecule has 1 amide bonds. The number of hydrogen-bond acceptors (Lipinski definition) is 9. The van der Waals surface area contributed by atoms with Gasteiger partial charge < -0.3 is 10.1 Å². The summed E-state index contributed by atoms with van der Waals surface area (Å²) in [7, 11) is -3.83. The molecule has 166 valence electrons. The van der Waals surface area contributed by atoms with Crippen LogP contribution in [0, 0.1) is 17.0 Å². The van der Waals surface area contributed by atoms with Crippen LogP contribution in [0.4, 0.5) is 11.4 Å². The smallest absolute Gasteiger partial charge is 0.350 e. The second-order valence-electron chi connectivity index (χ2n) is 6.46. The highest BCUT2D eigenvalue weighted by molar-refractivity contribution is 7.99. The van der Waals surface area contributed by atoms with Crippen LogP contribution in [0.25, 0.3) is 0 Å². The highest BCUT2D eigenvalue weighted by atomic mass is 32.2. The van der Waals surface area contributed by atoms with Gasteiger partial charge in [-0.15, -0.1) is 11.3 Å². The maximum Gasteiger partial charge on any atom is 0.350 e. The summed E-state index contributed by atoms with van der Waals surface area (Å²) in [6, 6.07) is 5.58. The standard InChI is InChI=1S/C18H19N3O7S3/c1-12-13(3-2-4-14(12)21(24)25)19-16(22)11-28-18(23)17-15(5-8-30-17)31(26,27)20-6-9-29-10-7-20/h2-5,8H,6-7,9-11H2,1H3,(H,19,22). The molecule has 13 heteroatoms. The Labute approximate surface area is 186 Å². The topological polar surface area (TPSA) is 136 Å². The molecule has 1 fully saturated rings. The minimum atomic E-state index is -3.83. The fraction of sp³-hybridized carbons (Fsp3) is 0.333. The average molecular weight is 486 g/mol. The number of ether oxygens (including phenoxy) is 1. The van der Waals surface area contributed by atoms with Crippen LogP contribution < -0.4 is 5.32 Å². The largest absolute Gasteiger partial charge is 0.451 e. The third-order valence-electron chi connectivity index (χ3n) is 4.51. The molecule has 0 bridgehead atoms. The lowest BCUT2D eigenvalue weighted by Crippen LogP contribution is -2.38. The Morgan fingerprint density at radius 2 is 1.97 bits per heavy atom. The summed E-state index contributed by atoms with van der Waals surface area (Å²) in [5, 5.41) is 14.9. The number of esters is 1. The summed E-state index contributed by atoms with van der Waals surface area (Å²) in [6.07, 6.45) is 0. The number of carbonyl (C=O) groups excluding carboxylic acids is 2. The second-order valence-corrected chi connectivity index (χ2v) is 10.5. The summed E-state index contributed by atoms with van der Waals surface area (Å²) in [5.41, 5.74) is 0.329. The van der Waals surface area contributed by atoms with Gasteiger partial charge in [0.05, 0.1) is 16.2 Å². The fourth-order valence-corrected chi connectivity index (χ4v) is 6.77. The molecule has 1 aromatic heterocycles. The van der Waals surface area contributed by atoms with Crippen molar-refractivity contribution in [3.8, 4) is 0 Å². The number of carbonyl (C=O) groups is 2. The van der Waals surface area contributed by atoms with Crippen molar-refractivity contribution >= 4 is 56.4 Å². The van der Waals surface area contributed by atoms with Crippen molar-refractivity contribution in [2.45, 2.75) is 11.8 Å². The molecular formula is C18H19N3O7S3. The van der Waals surface area contributed by atoms with Crippen LogP contribution in [-0.2, 0) is 19.6 Å². The number of nitrogens with one attached hydrogen (secondary N) is 1. The van der Waals surface area contributed by atoms with Gasteiger partial charge >= 0.3 is 5.97 Å². The molecule has 0 saturated carbocycles. The molecule has 2 heterocycles. The Morgan fingerprint density at radius 3 is 2.65 bits per heavy atom. The zero-order chi connectivity index (χ0) is 22.6. The van der Waals surface area contributed by atoms with E-state index >= 15 is 0 Å². The molecule has 2 aromatic rings. The number of thiophene rings is 1. The Balaban J connectivity index is 1.66. The van der Waals surface area contributed by atoms with Crippen molar-refractivity contribution in [3.63, 3.8) is 0 Å². The van der Waals surface area contributed by atoms with Gasteiger partial charge in [0.2, 0.25) is 10.0 Å². The molecule has 3 rings (SSSR count). The number of benzene rings is 1. The Bertz CT molecular complexity index is 1110. The number of nitro groups is 1. The highest BCUT2D eigenvalue weighted by Gasteiger charge is 2.32. The third-order valence-corrected chi connectivity index (χ3v) is 8.42. The van der Waals surface area contributed by atoms with Crippen LogP contribution in [0.1, 0.15) is 15.2 Å². The first kappa shape index (κ1) is 23.2. The molecule has 1 saturated heterocycles. The first-order valence-electron chi connectivity index (χ1n) is 9.08. The quantitative estimate of drug-likeness (QED) is 0.359. The lowest BCUT2D eigenvalue weighted by Gasteiger charge is -2.25. The molecule has 1 N–H and O–H groups in total. The van der Waals surface area contributed by atoms with Gasteiger partial charge in [-0.05, 0) is 24.4 Å². The van der Waals surface area contributed by atoms with Gasteiger partial charge in [0.25, 0.3) is 11.6 Å². The second kappa shape index (κ2) is 9.77. The van der Waals surface area contributed by atoms with Crippen LogP contribution in [-0.4, -0.2) is 60.7 Å². The summed E-state index contributed by atoms with van der Waals surface area (Å²) in [5.74, 6) is -0.266. The van der Waals surface area contributed by atoms with Crippen LogP contribution in [0.3, 0.4) is 0 Å².